The minimum absolute atomic E-state index is 0.799. The number of benzene rings is 2. The lowest BCUT2D eigenvalue weighted by atomic mass is 9.90. The van der Waals surface area contributed by atoms with Crippen molar-refractivity contribution in [3.8, 4) is 0 Å². The van der Waals surface area contributed by atoms with E-state index in [0.717, 1.165) is 11.8 Å². The van der Waals surface area contributed by atoms with Crippen molar-refractivity contribution in [3.63, 3.8) is 0 Å². The second-order valence-corrected chi connectivity index (χ2v) is 6.87. The highest BCUT2D eigenvalue weighted by atomic mass is 14.9. The van der Waals surface area contributed by atoms with E-state index in [-0.39, 0.29) is 0 Å². The molecule has 0 amide bonds. The third-order valence-electron chi connectivity index (χ3n) is 5.22. The highest BCUT2D eigenvalue weighted by Gasteiger charge is 2.14. The van der Waals surface area contributed by atoms with E-state index in [1.54, 1.807) is 0 Å². The van der Waals surface area contributed by atoms with Crippen molar-refractivity contribution in [1.82, 2.24) is 10.6 Å². The second-order valence-electron chi connectivity index (χ2n) is 6.87. The van der Waals surface area contributed by atoms with Crippen LogP contribution < -0.4 is 10.6 Å². The lowest BCUT2D eigenvalue weighted by Crippen LogP contribution is -2.26. The molecule has 2 N–H and O–H groups in total. The van der Waals surface area contributed by atoms with Gasteiger partial charge in [-0.1, -0.05) is 60.7 Å². The molecule has 0 atom stereocenters. The summed E-state index contributed by atoms with van der Waals surface area (Å²) in [5.74, 6) is 1.60. The Labute approximate surface area is 146 Å². The van der Waals surface area contributed by atoms with Gasteiger partial charge in [0.15, 0.2) is 0 Å². The summed E-state index contributed by atoms with van der Waals surface area (Å²) in [7, 11) is 0. The lowest BCUT2D eigenvalue weighted by molar-refractivity contribution is 0.460. The highest BCUT2D eigenvalue weighted by molar-refractivity contribution is 5.20. The number of hydrogen-bond donors (Lipinski definition) is 2. The highest BCUT2D eigenvalue weighted by Crippen LogP contribution is 2.25. The van der Waals surface area contributed by atoms with Gasteiger partial charge in [-0.3, -0.25) is 0 Å². The summed E-state index contributed by atoms with van der Waals surface area (Å²) in [6.45, 7) is 4.72. The molecule has 0 aromatic heterocycles. The zero-order valence-electron chi connectivity index (χ0n) is 14.6. The molecular formula is C22H30N2. The van der Waals surface area contributed by atoms with Crippen LogP contribution in [-0.4, -0.2) is 26.2 Å². The number of rotatable bonds is 2. The fraction of sp³-hybridized carbons (Fsp3) is 0.455. The van der Waals surface area contributed by atoms with Crippen molar-refractivity contribution < 1.29 is 0 Å². The molecule has 2 heterocycles. The molecule has 128 valence electrons. The Morgan fingerprint density at radius 3 is 1.17 bits per heavy atom. The SMILES string of the molecule is c1ccc(C2CCNCC2)cc1.c1ccc(C2CCNCC2)cc1. The van der Waals surface area contributed by atoms with Crippen molar-refractivity contribution in [2.45, 2.75) is 37.5 Å². The molecule has 0 radical (unpaired) electrons. The monoisotopic (exact) mass is 322 g/mol. The van der Waals surface area contributed by atoms with Crippen LogP contribution in [0.3, 0.4) is 0 Å². The first-order chi connectivity index (χ1) is 11.9. The number of piperidine rings is 2. The summed E-state index contributed by atoms with van der Waals surface area (Å²) >= 11 is 0. The van der Waals surface area contributed by atoms with Gasteiger partial charge in [-0.15, -0.1) is 0 Å². The molecule has 0 spiro atoms. The fourth-order valence-electron chi connectivity index (χ4n) is 3.76. The summed E-state index contributed by atoms with van der Waals surface area (Å²) in [5, 5.41) is 6.77. The van der Waals surface area contributed by atoms with E-state index in [1.807, 2.05) is 0 Å². The largest absolute Gasteiger partial charge is 0.317 e. The zero-order chi connectivity index (χ0) is 16.5. The molecular weight excluding hydrogens is 292 g/mol. The van der Waals surface area contributed by atoms with Crippen LogP contribution in [0.4, 0.5) is 0 Å². The van der Waals surface area contributed by atoms with Gasteiger partial charge in [0.2, 0.25) is 0 Å². The first kappa shape index (κ1) is 17.2. The molecule has 0 unspecified atom stereocenters. The summed E-state index contributed by atoms with van der Waals surface area (Å²) in [5.41, 5.74) is 3.03. The minimum atomic E-state index is 0.799. The molecule has 2 heteroatoms. The van der Waals surface area contributed by atoms with Gasteiger partial charge in [-0.05, 0) is 74.8 Å². The van der Waals surface area contributed by atoms with Crippen LogP contribution in [0.1, 0.15) is 48.6 Å². The van der Waals surface area contributed by atoms with Gasteiger partial charge in [0.1, 0.15) is 0 Å². The van der Waals surface area contributed by atoms with Crippen molar-refractivity contribution in [3.05, 3.63) is 71.8 Å². The van der Waals surface area contributed by atoms with E-state index in [0.29, 0.717) is 0 Å². The normalized spacial score (nSPS) is 19.3. The summed E-state index contributed by atoms with van der Waals surface area (Å²) in [4.78, 5) is 0. The molecule has 2 nitrogen and oxygen atoms in total. The lowest BCUT2D eigenvalue weighted by Gasteiger charge is -2.22. The molecule has 2 saturated heterocycles. The van der Waals surface area contributed by atoms with Crippen LogP contribution >= 0.6 is 0 Å². The van der Waals surface area contributed by atoms with Gasteiger partial charge in [-0.2, -0.15) is 0 Å². The van der Waals surface area contributed by atoms with E-state index in [2.05, 4.69) is 71.3 Å². The van der Waals surface area contributed by atoms with Crippen molar-refractivity contribution in [1.29, 1.82) is 0 Å². The van der Waals surface area contributed by atoms with E-state index in [9.17, 15) is 0 Å². The standard InChI is InChI=1S/2C11H15N/c2*1-2-4-10(5-3-1)11-6-8-12-9-7-11/h2*1-5,11-12H,6-9H2. The van der Waals surface area contributed by atoms with E-state index in [4.69, 9.17) is 0 Å². The summed E-state index contributed by atoms with van der Waals surface area (Å²) < 4.78 is 0. The van der Waals surface area contributed by atoms with Crippen LogP contribution in [-0.2, 0) is 0 Å². The number of hydrogen-bond acceptors (Lipinski definition) is 2. The van der Waals surface area contributed by atoms with Gasteiger partial charge in [-0.25, -0.2) is 0 Å². The predicted octanol–water partition coefficient (Wildman–Crippen LogP) is 4.31. The Bertz CT molecular complexity index is 502. The molecule has 24 heavy (non-hydrogen) atoms. The maximum absolute atomic E-state index is 3.38. The molecule has 0 bridgehead atoms. The second kappa shape index (κ2) is 9.61. The smallest absolute Gasteiger partial charge is 0.00431 e. The van der Waals surface area contributed by atoms with Crippen LogP contribution in [0.5, 0.6) is 0 Å². The Hall–Kier alpha value is -1.64. The zero-order valence-corrected chi connectivity index (χ0v) is 14.6. The third kappa shape index (κ3) is 5.19. The molecule has 0 aliphatic carbocycles. The van der Waals surface area contributed by atoms with Crippen molar-refractivity contribution >= 4 is 0 Å². The quantitative estimate of drug-likeness (QED) is 0.861. The average Bonchev–Trinajstić information content (AvgIpc) is 2.71. The minimum Gasteiger partial charge on any atom is -0.317 e. The maximum atomic E-state index is 3.38. The van der Waals surface area contributed by atoms with Crippen LogP contribution in [0.2, 0.25) is 0 Å². The van der Waals surface area contributed by atoms with Crippen LogP contribution in [0, 0.1) is 0 Å². The van der Waals surface area contributed by atoms with Crippen LogP contribution in [0.15, 0.2) is 60.7 Å². The molecule has 2 aliphatic heterocycles. The van der Waals surface area contributed by atoms with E-state index < -0.39 is 0 Å². The van der Waals surface area contributed by atoms with Gasteiger partial charge in [0, 0.05) is 0 Å². The van der Waals surface area contributed by atoms with Crippen LogP contribution in [0.25, 0.3) is 0 Å². The molecule has 0 saturated carbocycles. The maximum Gasteiger partial charge on any atom is -0.00431 e. The molecule has 2 aromatic carbocycles. The molecule has 2 aromatic rings. The Morgan fingerprint density at radius 1 is 0.500 bits per heavy atom. The summed E-state index contributed by atoms with van der Waals surface area (Å²) in [6.07, 6.45) is 5.18. The Kier molecular flexibility index (Phi) is 6.88. The Morgan fingerprint density at radius 2 is 0.833 bits per heavy atom. The van der Waals surface area contributed by atoms with Gasteiger partial charge >= 0.3 is 0 Å². The van der Waals surface area contributed by atoms with Crippen molar-refractivity contribution in [2.75, 3.05) is 26.2 Å². The summed E-state index contributed by atoms with van der Waals surface area (Å²) in [6, 6.07) is 21.7. The van der Waals surface area contributed by atoms with E-state index >= 15 is 0 Å². The predicted molar refractivity (Wildman–Crippen MR) is 103 cm³/mol. The topological polar surface area (TPSA) is 24.1 Å². The Balaban J connectivity index is 0.000000141. The van der Waals surface area contributed by atoms with Crippen molar-refractivity contribution in [2.24, 2.45) is 0 Å². The van der Waals surface area contributed by atoms with E-state index in [1.165, 1.54) is 63.0 Å². The van der Waals surface area contributed by atoms with Gasteiger partial charge in [0.05, 0.1) is 0 Å². The number of nitrogens with one attached hydrogen (secondary N) is 2. The molecule has 2 fully saturated rings. The molecule has 2 aliphatic rings. The molecule has 4 rings (SSSR count). The first-order valence-electron chi connectivity index (χ1n) is 9.45. The average molecular weight is 322 g/mol. The fourth-order valence-corrected chi connectivity index (χ4v) is 3.76. The third-order valence-corrected chi connectivity index (χ3v) is 5.22. The van der Waals surface area contributed by atoms with Gasteiger partial charge in [0.25, 0.3) is 0 Å². The first-order valence-corrected chi connectivity index (χ1v) is 9.45. The van der Waals surface area contributed by atoms with Gasteiger partial charge < -0.3 is 10.6 Å².